The van der Waals surface area contributed by atoms with Crippen LogP contribution >= 0.6 is 0 Å². The van der Waals surface area contributed by atoms with E-state index in [0.717, 1.165) is 5.56 Å². The van der Waals surface area contributed by atoms with Crippen molar-refractivity contribution >= 4 is 0 Å². The summed E-state index contributed by atoms with van der Waals surface area (Å²) in [6.07, 6.45) is 1.63. The second kappa shape index (κ2) is 5.32. The maximum absolute atomic E-state index is 9.03. The molecule has 1 aromatic heterocycles. The standard InChI is InChI=1S/C13H13NO3/c1-16-12-6-3-7-14-13(12)17-11-5-2-4-10(8-11)9-15/h2-8,15H,9H2,1H3. The third-order valence-corrected chi connectivity index (χ3v) is 2.25. The van der Waals surface area contributed by atoms with Gasteiger partial charge in [0.1, 0.15) is 5.75 Å². The number of hydrogen-bond acceptors (Lipinski definition) is 4. The van der Waals surface area contributed by atoms with Crippen LogP contribution in [0, 0.1) is 0 Å². The first-order chi connectivity index (χ1) is 8.33. The summed E-state index contributed by atoms with van der Waals surface area (Å²) in [6.45, 7) is -0.0173. The largest absolute Gasteiger partial charge is 0.491 e. The van der Waals surface area contributed by atoms with E-state index >= 15 is 0 Å². The van der Waals surface area contributed by atoms with Crippen LogP contribution in [-0.2, 0) is 6.61 Å². The molecule has 0 bridgehead atoms. The molecule has 4 nitrogen and oxygen atoms in total. The molecule has 0 unspecified atom stereocenters. The summed E-state index contributed by atoms with van der Waals surface area (Å²) in [5, 5.41) is 9.03. The third kappa shape index (κ3) is 2.73. The molecule has 0 saturated carbocycles. The Hall–Kier alpha value is -2.07. The summed E-state index contributed by atoms with van der Waals surface area (Å²) in [7, 11) is 1.56. The fraction of sp³-hybridized carbons (Fsp3) is 0.154. The van der Waals surface area contributed by atoms with Crippen molar-refractivity contribution in [1.29, 1.82) is 0 Å². The van der Waals surface area contributed by atoms with E-state index in [2.05, 4.69) is 4.98 Å². The van der Waals surface area contributed by atoms with Crippen molar-refractivity contribution in [2.45, 2.75) is 6.61 Å². The van der Waals surface area contributed by atoms with Crippen LogP contribution in [0.25, 0.3) is 0 Å². The summed E-state index contributed by atoms with van der Waals surface area (Å²) in [4.78, 5) is 4.09. The third-order valence-electron chi connectivity index (χ3n) is 2.25. The molecule has 17 heavy (non-hydrogen) atoms. The van der Waals surface area contributed by atoms with E-state index < -0.39 is 0 Å². The summed E-state index contributed by atoms with van der Waals surface area (Å²) in [5.74, 6) is 1.60. The topological polar surface area (TPSA) is 51.6 Å². The number of methoxy groups -OCH3 is 1. The van der Waals surface area contributed by atoms with Gasteiger partial charge in [0, 0.05) is 6.20 Å². The molecule has 1 N–H and O–H groups in total. The lowest BCUT2D eigenvalue weighted by Gasteiger charge is -2.09. The number of pyridine rings is 1. The van der Waals surface area contributed by atoms with Crippen LogP contribution in [0.15, 0.2) is 42.6 Å². The van der Waals surface area contributed by atoms with Crippen LogP contribution in [0.3, 0.4) is 0 Å². The molecule has 0 atom stereocenters. The van der Waals surface area contributed by atoms with Crippen LogP contribution in [-0.4, -0.2) is 17.2 Å². The van der Waals surface area contributed by atoms with Crippen LogP contribution in [0.2, 0.25) is 0 Å². The Labute approximate surface area is 99.5 Å². The van der Waals surface area contributed by atoms with E-state index in [9.17, 15) is 0 Å². The van der Waals surface area contributed by atoms with E-state index in [0.29, 0.717) is 17.4 Å². The number of nitrogens with zero attached hydrogens (tertiary/aromatic N) is 1. The highest BCUT2D eigenvalue weighted by Crippen LogP contribution is 2.28. The lowest BCUT2D eigenvalue weighted by molar-refractivity contribution is 0.281. The quantitative estimate of drug-likeness (QED) is 0.877. The molecule has 88 valence electrons. The normalized spacial score (nSPS) is 10.0. The Balaban J connectivity index is 2.24. The SMILES string of the molecule is COc1cccnc1Oc1cccc(CO)c1. The highest BCUT2D eigenvalue weighted by Gasteiger charge is 2.06. The first-order valence-corrected chi connectivity index (χ1v) is 5.20. The monoisotopic (exact) mass is 231 g/mol. The lowest BCUT2D eigenvalue weighted by atomic mass is 10.2. The molecule has 4 heteroatoms. The maximum atomic E-state index is 9.03. The Morgan fingerprint density at radius 1 is 1.24 bits per heavy atom. The minimum Gasteiger partial charge on any atom is -0.491 e. The number of aliphatic hydroxyl groups is 1. The first-order valence-electron chi connectivity index (χ1n) is 5.20. The molecular formula is C13H13NO3. The van der Waals surface area contributed by atoms with Crippen molar-refractivity contribution in [1.82, 2.24) is 4.98 Å². The zero-order chi connectivity index (χ0) is 12.1. The molecule has 2 aromatic rings. The molecule has 0 amide bonds. The zero-order valence-electron chi connectivity index (χ0n) is 9.46. The van der Waals surface area contributed by atoms with Gasteiger partial charge < -0.3 is 14.6 Å². The number of benzene rings is 1. The average molecular weight is 231 g/mol. The molecule has 0 saturated heterocycles. The van der Waals surface area contributed by atoms with Crippen molar-refractivity contribution in [2.75, 3.05) is 7.11 Å². The predicted octanol–water partition coefficient (Wildman–Crippen LogP) is 2.37. The first kappa shape index (κ1) is 11.4. The van der Waals surface area contributed by atoms with E-state index in [-0.39, 0.29) is 6.61 Å². The van der Waals surface area contributed by atoms with Crippen LogP contribution in [0.4, 0.5) is 0 Å². The fourth-order valence-corrected chi connectivity index (χ4v) is 1.43. The summed E-state index contributed by atoms with van der Waals surface area (Å²) < 4.78 is 10.7. The Kier molecular flexibility index (Phi) is 3.57. The van der Waals surface area contributed by atoms with Crippen molar-refractivity contribution in [3.05, 3.63) is 48.2 Å². The van der Waals surface area contributed by atoms with Gasteiger partial charge in [-0.2, -0.15) is 0 Å². The van der Waals surface area contributed by atoms with Crippen LogP contribution in [0.5, 0.6) is 17.4 Å². The summed E-state index contributed by atoms with van der Waals surface area (Å²) in [6, 6.07) is 10.7. The van der Waals surface area contributed by atoms with Gasteiger partial charge >= 0.3 is 0 Å². The molecular weight excluding hydrogens is 218 g/mol. The van der Waals surface area contributed by atoms with E-state index in [1.165, 1.54) is 0 Å². The molecule has 0 radical (unpaired) electrons. The molecule has 1 heterocycles. The molecule has 0 aliphatic rings. The summed E-state index contributed by atoms with van der Waals surface area (Å²) >= 11 is 0. The van der Waals surface area contributed by atoms with Gasteiger partial charge in [-0.3, -0.25) is 0 Å². The van der Waals surface area contributed by atoms with E-state index in [1.807, 2.05) is 12.1 Å². The minimum absolute atomic E-state index is 0.0173. The second-order valence-electron chi connectivity index (χ2n) is 3.42. The van der Waals surface area contributed by atoms with Crippen LogP contribution in [0.1, 0.15) is 5.56 Å². The van der Waals surface area contributed by atoms with Gasteiger partial charge in [-0.05, 0) is 29.8 Å². The smallest absolute Gasteiger partial charge is 0.262 e. The molecule has 0 fully saturated rings. The van der Waals surface area contributed by atoms with Crippen molar-refractivity contribution in [3.8, 4) is 17.4 Å². The number of aromatic nitrogens is 1. The Bertz CT molecular complexity index is 500. The number of rotatable bonds is 4. The number of hydrogen-bond donors (Lipinski definition) is 1. The van der Waals surface area contributed by atoms with Gasteiger partial charge in [0.2, 0.25) is 0 Å². The Morgan fingerprint density at radius 2 is 2.12 bits per heavy atom. The van der Waals surface area contributed by atoms with Crippen molar-refractivity contribution in [2.24, 2.45) is 0 Å². The van der Waals surface area contributed by atoms with Gasteiger partial charge in [-0.15, -0.1) is 0 Å². The van der Waals surface area contributed by atoms with Gasteiger partial charge in [-0.25, -0.2) is 4.98 Å². The van der Waals surface area contributed by atoms with Crippen molar-refractivity contribution in [3.63, 3.8) is 0 Å². The fourth-order valence-electron chi connectivity index (χ4n) is 1.43. The molecule has 0 aliphatic carbocycles. The molecule has 0 spiro atoms. The van der Waals surface area contributed by atoms with Gasteiger partial charge in [0.25, 0.3) is 5.88 Å². The predicted molar refractivity (Wildman–Crippen MR) is 63.2 cm³/mol. The number of aliphatic hydroxyl groups excluding tert-OH is 1. The number of ether oxygens (including phenoxy) is 2. The van der Waals surface area contributed by atoms with Gasteiger partial charge in [0.05, 0.1) is 13.7 Å². The Morgan fingerprint density at radius 3 is 2.88 bits per heavy atom. The van der Waals surface area contributed by atoms with Crippen molar-refractivity contribution < 1.29 is 14.6 Å². The highest BCUT2D eigenvalue weighted by molar-refractivity contribution is 5.38. The zero-order valence-corrected chi connectivity index (χ0v) is 9.46. The molecule has 2 rings (SSSR count). The van der Waals surface area contributed by atoms with Crippen LogP contribution < -0.4 is 9.47 Å². The van der Waals surface area contributed by atoms with E-state index in [4.69, 9.17) is 14.6 Å². The highest BCUT2D eigenvalue weighted by atomic mass is 16.5. The average Bonchev–Trinajstić information content (AvgIpc) is 2.39. The minimum atomic E-state index is -0.0173. The van der Waals surface area contributed by atoms with E-state index in [1.54, 1.807) is 37.6 Å². The van der Waals surface area contributed by atoms with Gasteiger partial charge in [-0.1, -0.05) is 12.1 Å². The lowest BCUT2D eigenvalue weighted by Crippen LogP contribution is -1.93. The molecule has 1 aromatic carbocycles. The second-order valence-corrected chi connectivity index (χ2v) is 3.42. The maximum Gasteiger partial charge on any atom is 0.262 e. The molecule has 0 aliphatic heterocycles. The van der Waals surface area contributed by atoms with Gasteiger partial charge in [0.15, 0.2) is 5.75 Å². The summed E-state index contributed by atoms with van der Waals surface area (Å²) in [5.41, 5.74) is 0.789.